The zero-order valence-corrected chi connectivity index (χ0v) is 17.4. The monoisotopic (exact) mass is 403 g/mol. The summed E-state index contributed by atoms with van der Waals surface area (Å²) in [5.74, 6) is 1.16. The van der Waals surface area contributed by atoms with Gasteiger partial charge in [-0.25, -0.2) is 4.98 Å². The lowest BCUT2D eigenvalue weighted by Crippen LogP contribution is -2.41. The Morgan fingerprint density at radius 3 is 2.73 bits per heavy atom. The van der Waals surface area contributed by atoms with Gasteiger partial charge in [0, 0.05) is 50.5 Å². The van der Waals surface area contributed by atoms with Crippen LogP contribution >= 0.6 is 0 Å². The largest absolute Gasteiger partial charge is 0.371 e. The molecule has 1 saturated heterocycles. The number of amides is 1. The molecule has 0 spiro atoms. The molecule has 0 atom stereocenters. The van der Waals surface area contributed by atoms with Crippen molar-refractivity contribution in [3.05, 3.63) is 53.7 Å². The van der Waals surface area contributed by atoms with Crippen LogP contribution in [0.5, 0.6) is 0 Å². The van der Waals surface area contributed by atoms with Gasteiger partial charge in [-0.3, -0.25) is 4.79 Å². The Kier molecular flexibility index (Phi) is 6.48. The second-order valence-electron chi connectivity index (χ2n) is 8.14. The van der Waals surface area contributed by atoms with E-state index in [1.807, 2.05) is 6.07 Å². The lowest BCUT2D eigenvalue weighted by molar-refractivity contribution is -0.125. The number of hydrogen-bond donors (Lipinski definition) is 1. The van der Waals surface area contributed by atoms with Crippen LogP contribution in [0.2, 0.25) is 0 Å². The number of unbranched alkanes of at least 4 members (excludes halogenated alkanes) is 1. The van der Waals surface area contributed by atoms with Crippen LogP contribution in [0.15, 0.2) is 42.6 Å². The van der Waals surface area contributed by atoms with Gasteiger partial charge in [-0.1, -0.05) is 18.2 Å². The molecule has 1 fully saturated rings. The maximum Gasteiger partial charge on any atom is 0.223 e. The molecule has 156 valence electrons. The molecule has 2 aliphatic rings. The predicted octanol–water partition coefficient (Wildman–Crippen LogP) is 3.13. The van der Waals surface area contributed by atoms with Crippen LogP contribution < -0.4 is 15.1 Å². The molecule has 6 nitrogen and oxygen atoms in total. The van der Waals surface area contributed by atoms with Gasteiger partial charge in [0.15, 0.2) is 0 Å². The minimum Gasteiger partial charge on any atom is -0.371 e. The molecule has 30 heavy (non-hydrogen) atoms. The molecular formula is C24H29N5O. The van der Waals surface area contributed by atoms with Crippen molar-refractivity contribution in [1.82, 2.24) is 10.3 Å². The number of para-hydroxylation sites is 1. The Balaban J connectivity index is 1.13. The number of fused-ring (bicyclic) bond motifs is 1. The molecule has 1 N–H and O–H groups in total. The van der Waals surface area contributed by atoms with Crippen molar-refractivity contribution in [1.29, 1.82) is 5.26 Å². The highest BCUT2D eigenvalue weighted by Gasteiger charge is 2.25. The normalized spacial score (nSPS) is 16.2. The number of nitrogens with one attached hydrogen (secondary N) is 1. The van der Waals surface area contributed by atoms with Gasteiger partial charge >= 0.3 is 0 Å². The van der Waals surface area contributed by atoms with Crippen LogP contribution in [-0.4, -0.2) is 43.6 Å². The molecule has 3 heterocycles. The molecule has 0 unspecified atom stereocenters. The number of benzene rings is 1. The minimum atomic E-state index is 0.0880. The Labute approximate surface area is 178 Å². The van der Waals surface area contributed by atoms with Gasteiger partial charge in [-0.05, 0) is 55.9 Å². The van der Waals surface area contributed by atoms with Gasteiger partial charge in [-0.15, -0.1) is 0 Å². The lowest BCUT2D eigenvalue weighted by Gasteiger charge is -2.32. The first kappa shape index (κ1) is 20.2. The molecule has 6 heteroatoms. The first-order valence-corrected chi connectivity index (χ1v) is 11.0. The number of aromatic nitrogens is 1. The summed E-state index contributed by atoms with van der Waals surface area (Å²) in [5, 5.41) is 12.0. The molecule has 1 aromatic heterocycles. The first-order valence-electron chi connectivity index (χ1n) is 11.0. The van der Waals surface area contributed by atoms with Crippen LogP contribution in [0.25, 0.3) is 0 Å². The van der Waals surface area contributed by atoms with Crippen LogP contribution in [-0.2, 0) is 11.2 Å². The molecule has 1 amide bonds. The fourth-order valence-corrected chi connectivity index (χ4v) is 4.43. The topological polar surface area (TPSA) is 72.3 Å². The number of pyridine rings is 1. The summed E-state index contributed by atoms with van der Waals surface area (Å²) in [5.41, 5.74) is 3.40. The second kappa shape index (κ2) is 9.62. The summed E-state index contributed by atoms with van der Waals surface area (Å²) >= 11 is 0. The van der Waals surface area contributed by atoms with Gasteiger partial charge < -0.3 is 15.1 Å². The average molecular weight is 404 g/mol. The standard InChI is InChI=1S/C24H29N5O/c25-17-19-7-8-23(27-18-19)29-15-10-21(11-16-29)24(30)26-12-3-4-13-28-14-9-20-5-1-2-6-22(20)28/h1-2,5-8,18,21H,3-4,9-16H2,(H,26,30). The van der Waals surface area contributed by atoms with Crippen LogP contribution in [0.1, 0.15) is 36.8 Å². The summed E-state index contributed by atoms with van der Waals surface area (Å²) in [6.07, 6.45) is 6.55. The zero-order chi connectivity index (χ0) is 20.8. The van der Waals surface area contributed by atoms with Crippen molar-refractivity contribution in [3.63, 3.8) is 0 Å². The van der Waals surface area contributed by atoms with E-state index in [2.05, 4.69) is 50.4 Å². The smallest absolute Gasteiger partial charge is 0.223 e. The summed E-state index contributed by atoms with van der Waals surface area (Å²) in [6, 6.07) is 14.4. The zero-order valence-electron chi connectivity index (χ0n) is 17.4. The molecule has 0 saturated carbocycles. The predicted molar refractivity (Wildman–Crippen MR) is 118 cm³/mol. The van der Waals surface area contributed by atoms with Crippen LogP contribution in [0.3, 0.4) is 0 Å². The van der Waals surface area contributed by atoms with Crippen LogP contribution in [0, 0.1) is 17.2 Å². The molecule has 4 rings (SSSR count). The van der Waals surface area contributed by atoms with Crippen molar-refractivity contribution < 1.29 is 4.79 Å². The quantitative estimate of drug-likeness (QED) is 0.719. The Bertz CT molecular complexity index is 897. The lowest BCUT2D eigenvalue weighted by atomic mass is 9.96. The molecular weight excluding hydrogens is 374 g/mol. The van der Waals surface area contributed by atoms with E-state index >= 15 is 0 Å². The van der Waals surface area contributed by atoms with E-state index in [0.717, 1.165) is 70.6 Å². The third-order valence-electron chi connectivity index (χ3n) is 6.20. The number of nitrogens with zero attached hydrogens (tertiary/aromatic N) is 4. The van der Waals surface area contributed by atoms with Crippen molar-refractivity contribution >= 4 is 17.4 Å². The van der Waals surface area contributed by atoms with Crippen LogP contribution in [0.4, 0.5) is 11.5 Å². The summed E-state index contributed by atoms with van der Waals surface area (Å²) in [6.45, 7) is 4.57. The molecule has 1 aromatic carbocycles. The number of piperidine rings is 1. The highest BCUT2D eigenvalue weighted by molar-refractivity contribution is 5.78. The van der Waals surface area contributed by atoms with Gasteiger partial charge in [0.2, 0.25) is 5.91 Å². The Morgan fingerprint density at radius 2 is 1.97 bits per heavy atom. The van der Waals surface area contributed by atoms with Crippen molar-refractivity contribution in [2.24, 2.45) is 5.92 Å². The fourth-order valence-electron chi connectivity index (χ4n) is 4.43. The number of anilines is 2. The van der Waals surface area contributed by atoms with E-state index in [1.54, 1.807) is 12.3 Å². The first-order chi connectivity index (χ1) is 14.7. The third kappa shape index (κ3) is 4.73. The molecule has 0 aliphatic carbocycles. The maximum absolute atomic E-state index is 12.5. The SMILES string of the molecule is N#Cc1ccc(N2CCC(C(=O)NCCCCN3CCc4ccccc43)CC2)nc1. The van der Waals surface area contributed by atoms with Crippen molar-refractivity contribution in [2.45, 2.75) is 32.1 Å². The molecule has 0 radical (unpaired) electrons. The number of hydrogen-bond acceptors (Lipinski definition) is 5. The Hall–Kier alpha value is -3.07. The van der Waals surface area contributed by atoms with E-state index < -0.39 is 0 Å². The molecule has 0 bridgehead atoms. The maximum atomic E-state index is 12.5. The van der Waals surface area contributed by atoms with Crippen molar-refractivity contribution in [3.8, 4) is 6.07 Å². The minimum absolute atomic E-state index is 0.0880. The van der Waals surface area contributed by atoms with Gasteiger partial charge in [0.25, 0.3) is 0 Å². The number of nitriles is 1. The van der Waals surface area contributed by atoms with Gasteiger partial charge in [0.05, 0.1) is 5.56 Å². The van der Waals surface area contributed by atoms with Crippen molar-refractivity contribution in [2.75, 3.05) is 42.5 Å². The Morgan fingerprint density at radius 1 is 1.13 bits per heavy atom. The highest BCUT2D eigenvalue weighted by atomic mass is 16.1. The third-order valence-corrected chi connectivity index (χ3v) is 6.20. The molecule has 2 aromatic rings. The van der Waals surface area contributed by atoms with E-state index in [1.165, 1.54) is 11.3 Å². The van der Waals surface area contributed by atoms with E-state index in [9.17, 15) is 4.79 Å². The second-order valence-corrected chi connectivity index (χ2v) is 8.14. The number of carbonyl (C=O) groups excluding carboxylic acids is 1. The van der Waals surface area contributed by atoms with E-state index in [-0.39, 0.29) is 11.8 Å². The fraction of sp³-hybridized carbons (Fsp3) is 0.458. The summed E-state index contributed by atoms with van der Waals surface area (Å²) < 4.78 is 0. The summed E-state index contributed by atoms with van der Waals surface area (Å²) in [7, 11) is 0. The van der Waals surface area contributed by atoms with E-state index in [4.69, 9.17) is 5.26 Å². The van der Waals surface area contributed by atoms with Gasteiger partial charge in [0.1, 0.15) is 11.9 Å². The highest BCUT2D eigenvalue weighted by Crippen LogP contribution is 2.27. The molecule has 2 aliphatic heterocycles. The van der Waals surface area contributed by atoms with Gasteiger partial charge in [-0.2, -0.15) is 5.26 Å². The average Bonchev–Trinajstić information content (AvgIpc) is 3.22. The number of carbonyl (C=O) groups is 1. The summed E-state index contributed by atoms with van der Waals surface area (Å²) in [4.78, 5) is 21.5. The van der Waals surface area contributed by atoms with E-state index in [0.29, 0.717) is 5.56 Å². The number of rotatable bonds is 7.